The van der Waals surface area contributed by atoms with Gasteiger partial charge in [0.15, 0.2) is 5.78 Å². The lowest BCUT2D eigenvalue weighted by Crippen LogP contribution is -2.43. The van der Waals surface area contributed by atoms with E-state index in [1.807, 2.05) is 30.3 Å². The van der Waals surface area contributed by atoms with E-state index < -0.39 is 57.4 Å². The van der Waals surface area contributed by atoms with Crippen molar-refractivity contribution in [1.29, 1.82) is 0 Å². The Morgan fingerprint density at radius 1 is 0.881 bits per heavy atom. The lowest BCUT2D eigenvalue weighted by molar-refractivity contribution is -0.139. The van der Waals surface area contributed by atoms with E-state index in [-0.39, 0.29) is 22.8 Å². The van der Waals surface area contributed by atoms with Crippen LogP contribution in [-0.2, 0) is 32.6 Å². The summed E-state index contributed by atoms with van der Waals surface area (Å²) in [7, 11) is -4.12. The molecule has 0 aliphatic rings. The Morgan fingerprint density at radius 3 is 2.21 bits per heavy atom. The summed E-state index contributed by atoms with van der Waals surface area (Å²) in [5, 5.41) is 30.4. The van der Waals surface area contributed by atoms with Crippen LogP contribution in [0.25, 0.3) is 0 Å². The van der Waals surface area contributed by atoms with Gasteiger partial charge in [-0.2, -0.15) is 11.8 Å². The van der Waals surface area contributed by atoms with Crippen molar-refractivity contribution in [2.24, 2.45) is 0 Å². The molecule has 42 heavy (non-hydrogen) atoms. The van der Waals surface area contributed by atoms with Crippen LogP contribution in [-0.4, -0.2) is 64.9 Å². The van der Waals surface area contributed by atoms with Crippen LogP contribution in [0.3, 0.4) is 0 Å². The normalized spacial score (nSPS) is 11.9. The SMILES string of the molecule is O=C(O)CC(NC(=O)c1ccc(CNS(=O)(=O)c2ccc(O)c(C(=O)O)c2)cc1)C(=O)CSCCCc1ccccc1. The summed E-state index contributed by atoms with van der Waals surface area (Å²) in [4.78, 5) is 47.6. The number of nitrogens with one attached hydrogen (secondary N) is 2. The van der Waals surface area contributed by atoms with Gasteiger partial charge in [0.05, 0.1) is 23.1 Å². The monoisotopic (exact) mass is 614 g/mol. The van der Waals surface area contributed by atoms with Crippen molar-refractivity contribution in [3.8, 4) is 5.75 Å². The lowest BCUT2D eigenvalue weighted by atomic mass is 10.1. The summed E-state index contributed by atoms with van der Waals surface area (Å²) < 4.78 is 27.5. The predicted octanol–water partition coefficient (Wildman–Crippen LogP) is 3.08. The fourth-order valence-corrected chi connectivity index (χ4v) is 5.79. The zero-order valence-corrected chi connectivity index (χ0v) is 24.0. The van der Waals surface area contributed by atoms with E-state index in [4.69, 9.17) is 5.11 Å². The molecule has 3 rings (SSSR count). The number of aryl methyl sites for hydroxylation is 1. The molecule has 0 spiro atoms. The number of aromatic hydroxyl groups is 1. The first kappa shape index (κ1) is 32.3. The molecule has 0 heterocycles. The first-order chi connectivity index (χ1) is 20.0. The van der Waals surface area contributed by atoms with E-state index in [1.54, 1.807) is 0 Å². The second kappa shape index (κ2) is 15.1. The van der Waals surface area contributed by atoms with Gasteiger partial charge in [-0.1, -0.05) is 42.5 Å². The highest BCUT2D eigenvalue weighted by Gasteiger charge is 2.24. The average Bonchev–Trinajstić information content (AvgIpc) is 2.96. The summed E-state index contributed by atoms with van der Waals surface area (Å²) in [6, 6.07) is 17.3. The molecule has 0 fully saturated rings. The number of hydrogen-bond acceptors (Lipinski definition) is 8. The maximum atomic E-state index is 12.8. The number of rotatable bonds is 16. The summed E-state index contributed by atoms with van der Waals surface area (Å²) in [6.45, 7) is -0.185. The molecule has 3 aromatic carbocycles. The maximum absolute atomic E-state index is 12.8. The number of phenols is 1. The van der Waals surface area contributed by atoms with E-state index in [0.717, 1.165) is 31.0 Å². The Kier molecular flexibility index (Phi) is 11.7. The highest BCUT2D eigenvalue weighted by molar-refractivity contribution is 7.99. The third kappa shape index (κ3) is 9.72. The topological polar surface area (TPSA) is 187 Å². The molecule has 0 aromatic heterocycles. The van der Waals surface area contributed by atoms with Gasteiger partial charge in [-0.05, 0) is 60.1 Å². The summed E-state index contributed by atoms with van der Waals surface area (Å²) >= 11 is 1.38. The molecular weight excluding hydrogens is 584 g/mol. The molecule has 0 aliphatic carbocycles. The maximum Gasteiger partial charge on any atom is 0.339 e. The Bertz CT molecular complexity index is 1530. The van der Waals surface area contributed by atoms with Gasteiger partial charge in [0.1, 0.15) is 11.3 Å². The quantitative estimate of drug-likeness (QED) is 0.150. The van der Waals surface area contributed by atoms with Gasteiger partial charge in [0, 0.05) is 12.1 Å². The number of carboxylic acid groups (broad SMARTS) is 2. The van der Waals surface area contributed by atoms with Crippen molar-refractivity contribution in [3.63, 3.8) is 0 Å². The number of hydrogen-bond donors (Lipinski definition) is 5. The zero-order chi connectivity index (χ0) is 30.7. The van der Waals surface area contributed by atoms with E-state index >= 15 is 0 Å². The van der Waals surface area contributed by atoms with Crippen molar-refractivity contribution >= 4 is 45.4 Å². The Hall–Kier alpha value is -4.20. The van der Waals surface area contributed by atoms with Gasteiger partial charge in [-0.15, -0.1) is 0 Å². The van der Waals surface area contributed by atoms with Crippen molar-refractivity contribution in [3.05, 3.63) is 95.1 Å². The van der Waals surface area contributed by atoms with Gasteiger partial charge in [0.25, 0.3) is 5.91 Å². The van der Waals surface area contributed by atoms with Gasteiger partial charge < -0.3 is 20.6 Å². The highest BCUT2D eigenvalue weighted by Crippen LogP contribution is 2.21. The molecule has 1 atom stereocenters. The van der Waals surface area contributed by atoms with Crippen molar-refractivity contribution in [2.45, 2.75) is 36.7 Å². The van der Waals surface area contributed by atoms with Crippen LogP contribution >= 0.6 is 11.8 Å². The molecule has 0 bridgehead atoms. The van der Waals surface area contributed by atoms with Crippen LogP contribution in [0.4, 0.5) is 0 Å². The molecule has 0 saturated heterocycles. The number of benzene rings is 3. The van der Waals surface area contributed by atoms with Gasteiger partial charge in [0.2, 0.25) is 10.0 Å². The fourth-order valence-electron chi connectivity index (χ4n) is 3.85. The van der Waals surface area contributed by atoms with Gasteiger partial charge >= 0.3 is 11.9 Å². The number of amides is 1. The Labute approximate surface area is 247 Å². The van der Waals surface area contributed by atoms with Gasteiger partial charge in [-0.25, -0.2) is 17.9 Å². The van der Waals surface area contributed by atoms with E-state index in [0.29, 0.717) is 11.3 Å². The standard InChI is InChI=1S/C29H30N2O9S2/c32-25-13-12-22(15-23(25)29(37)38)42(39,40)30-17-20-8-10-21(11-9-20)28(36)31-24(16-27(34)35)26(33)18-41-14-4-7-19-5-2-1-3-6-19/h1-3,5-6,8-13,15,24,30,32H,4,7,14,16-18H2,(H,31,36)(H,34,35)(H,37,38). The molecule has 1 amide bonds. The second-order valence-corrected chi connectivity index (χ2v) is 12.1. The zero-order valence-electron chi connectivity index (χ0n) is 22.4. The highest BCUT2D eigenvalue weighted by atomic mass is 32.2. The molecule has 1 unspecified atom stereocenters. The number of carbonyl (C=O) groups is 4. The third-order valence-corrected chi connectivity index (χ3v) is 8.57. The average molecular weight is 615 g/mol. The number of thioether (sulfide) groups is 1. The van der Waals surface area contributed by atoms with Crippen LogP contribution in [0.5, 0.6) is 5.75 Å². The largest absolute Gasteiger partial charge is 0.507 e. The molecule has 0 radical (unpaired) electrons. The second-order valence-electron chi connectivity index (χ2n) is 9.24. The van der Waals surface area contributed by atoms with E-state index in [2.05, 4.69) is 10.0 Å². The first-order valence-corrected chi connectivity index (χ1v) is 15.4. The fraction of sp³-hybridized carbons (Fsp3) is 0.241. The molecule has 5 N–H and O–H groups in total. The summed E-state index contributed by atoms with van der Waals surface area (Å²) in [6.07, 6.45) is 1.14. The molecule has 11 nitrogen and oxygen atoms in total. The van der Waals surface area contributed by atoms with Crippen molar-refractivity contribution in [1.82, 2.24) is 10.0 Å². The van der Waals surface area contributed by atoms with E-state index in [1.165, 1.54) is 41.6 Å². The van der Waals surface area contributed by atoms with Crippen LogP contribution in [0.15, 0.2) is 77.7 Å². The number of ketones is 1. The summed E-state index contributed by atoms with van der Waals surface area (Å²) in [5.74, 6) is -3.57. The van der Waals surface area contributed by atoms with Crippen LogP contribution in [0.2, 0.25) is 0 Å². The number of carboxylic acids is 2. The van der Waals surface area contributed by atoms with E-state index in [9.17, 15) is 37.8 Å². The minimum Gasteiger partial charge on any atom is -0.507 e. The number of Topliss-reactive ketones (excluding diaryl/α,β-unsaturated/α-hetero) is 1. The Balaban J connectivity index is 1.53. The van der Waals surface area contributed by atoms with Crippen LogP contribution in [0.1, 0.15) is 44.7 Å². The lowest BCUT2D eigenvalue weighted by Gasteiger charge is -2.16. The molecule has 0 saturated carbocycles. The van der Waals surface area contributed by atoms with Crippen LogP contribution in [0, 0.1) is 0 Å². The molecule has 13 heteroatoms. The third-order valence-electron chi connectivity index (χ3n) is 6.11. The minimum absolute atomic E-state index is 0.0566. The Morgan fingerprint density at radius 2 is 1.57 bits per heavy atom. The summed E-state index contributed by atoms with van der Waals surface area (Å²) in [5.41, 5.74) is 1.24. The predicted molar refractivity (Wildman–Crippen MR) is 156 cm³/mol. The van der Waals surface area contributed by atoms with Crippen LogP contribution < -0.4 is 10.0 Å². The smallest absolute Gasteiger partial charge is 0.339 e. The number of sulfonamides is 1. The first-order valence-electron chi connectivity index (χ1n) is 12.8. The molecule has 222 valence electrons. The number of carbonyl (C=O) groups excluding carboxylic acids is 2. The van der Waals surface area contributed by atoms with Gasteiger partial charge in [-0.3, -0.25) is 14.4 Å². The minimum atomic E-state index is -4.12. The van der Waals surface area contributed by atoms with Crippen molar-refractivity contribution < 1.29 is 42.9 Å². The molecular formula is C29H30N2O9S2. The molecule has 0 aliphatic heterocycles. The number of aromatic carboxylic acids is 1. The van der Waals surface area contributed by atoms with Crippen molar-refractivity contribution in [2.75, 3.05) is 11.5 Å². The molecule has 3 aromatic rings. The number of aliphatic carboxylic acids is 1.